The van der Waals surface area contributed by atoms with E-state index in [4.69, 9.17) is 0 Å². The van der Waals surface area contributed by atoms with Gasteiger partial charge < -0.3 is 4.55 Å². The van der Waals surface area contributed by atoms with Gasteiger partial charge in [-0.1, -0.05) is 6.92 Å². The Kier molecular flexibility index (Phi) is 2.91. The largest absolute Gasteiger partial charge is 0.612 e. The first kappa shape index (κ1) is 8.56. The molecule has 3 heteroatoms. The molecule has 1 atom stereocenters. The maximum Gasteiger partial charge on any atom is 0.170 e. The van der Waals surface area contributed by atoms with Crippen LogP contribution in [0.25, 0.3) is 0 Å². The van der Waals surface area contributed by atoms with Crippen molar-refractivity contribution < 1.29 is 4.55 Å². The van der Waals surface area contributed by atoms with E-state index >= 15 is 0 Å². The molecule has 1 aromatic heterocycles. The minimum Gasteiger partial charge on any atom is -0.612 e. The van der Waals surface area contributed by atoms with E-state index in [2.05, 4.69) is 11.9 Å². The highest BCUT2D eigenvalue weighted by Gasteiger charge is 2.03. The molecule has 0 aliphatic heterocycles. The molecular weight excluding hydrogens is 158 g/mol. The predicted octanol–water partition coefficient (Wildman–Crippen LogP) is 1.38. The number of pyridine rings is 1. The first-order valence-electron chi connectivity index (χ1n) is 3.51. The third kappa shape index (κ3) is 2.20. The fourth-order valence-corrected chi connectivity index (χ4v) is 1.34. The quantitative estimate of drug-likeness (QED) is 0.627. The average molecular weight is 169 g/mol. The van der Waals surface area contributed by atoms with Gasteiger partial charge in [0.1, 0.15) is 6.26 Å². The highest BCUT2D eigenvalue weighted by molar-refractivity contribution is 7.90. The van der Waals surface area contributed by atoms with Gasteiger partial charge >= 0.3 is 0 Å². The fourth-order valence-electron chi connectivity index (χ4n) is 0.814. The van der Waals surface area contributed by atoms with Crippen molar-refractivity contribution in [1.29, 1.82) is 0 Å². The summed E-state index contributed by atoms with van der Waals surface area (Å²) in [4.78, 5) is 4.79. The zero-order valence-electron chi connectivity index (χ0n) is 6.70. The molecule has 0 aliphatic carbocycles. The summed E-state index contributed by atoms with van der Waals surface area (Å²) in [5.41, 5.74) is 1.14. The van der Waals surface area contributed by atoms with Gasteiger partial charge in [-0.25, -0.2) is 0 Å². The zero-order chi connectivity index (χ0) is 8.27. The van der Waals surface area contributed by atoms with Crippen LogP contribution in [-0.4, -0.2) is 15.8 Å². The Labute approximate surface area is 69.8 Å². The highest BCUT2D eigenvalue weighted by atomic mass is 32.2. The Bertz CT molecular complexity index is 237. The molecular formula is C8H11NOS. The van der Waals surface area contributed by atoms with E-state index < -0.39 is 11.2 Å². The van der Waals surface area contributed by atoms with Gasteiger partial charge in [0.25, 0.3) is 0 Å². The maximum absolute atomic E-state index is 11.0. The molecule has 1 aromatic rings. The SMILES string of the molecule is CCc1cncc([S+](C)[O-])c1. The summed E-state index contributed by atoms with van der Waals surface area (Å²) in [7, 11) is 0. The second-order valence-electron chi connectivity index (χ2n) is 2.34. The van der Waals surface area contributed by atoms with Crippen LogP contribution in [0.3, 0.4) is 0 Å². The van der Waals surface area contributed by atoms with Crippen LogP contribution in [0.5, 0.6) is 0 Å². The molecule has 1 rings (SSSR count). The number of hydrogen-bond acceptors (Lipinski definition) is 2. The number of nitrogens with zero attached hydrogens (tertiary/aromatic N) is 1. The molecule has 1 heterocycles. The van der Waals surface area contributed by atoms with Crippen molar-refractivity contribution in [3.8, 4) is 0 Å². The summed E-state index contributed by atoms with van der Waals surface area (Å²) in [6, 6.07) is 1.93. The lowest BCUT2D eigenvalue weighted by Gasteiger charge is -2.03. The van der Waals surface area contributed by atoms with Gasteiger partial charge in [-0.15, -0.1) is 0 Å². The van der Waals surface area contributed by atoms with Crippen LogP contribution in [0.1, 0.15) is 12.5 Å². The van der Waals surface area contributed by atoms with Crippen molar-refractivity contribution in [2.24, 2.45) is 0 Å². The molecule has 60 valence electrons. The molecule has 1 unspecified atom stereocenters. The molecule has 0 aliphatic rings. The van der Waals surface area contributed by atoms with E-state index in [-0.39, 0.29) is 0 Å². The number of rotatable bonds is 2. The van der Waals surface area contributed by atoms with Gasteiger partial charge in [0.2, 0.25) is 0 Å². The fraction of sp³-hybridized carbons (Fsp3) is 0.375. The lowest BCUT2D eigenvalue weighted by molar-refractivity contribution is 0.600. The second-order valence-corrected chi connectivity index (χ2v) is 3.72. The lowest BCUT2D eigenvalue weighted by atomic mass is 10.2. The Hall–Kier alpha value is -0.540. The summed E-state index contributed by atoms with van der Waals surface area (Å²) in [5, 5.41) is 0. The molecule has 0 saturated carbocycles. The van der Waals surface area contributed by atoms with E-state index in [1.54, 1.807) is 18.6 Å². The summed E-state index contributed by atoms with van der Waals surface area (Å²) in [6.07, 6.45) is 6.06. The van der Waals surface area contributed by atoms with Crippen LogP contribution in [0.2, 0.25) is 0 Å². The Morgan fingerprint density at radius 3 is 2.82 bits per heavy atom. The molecule has 0 N–H and O–H groups in total. The molecule has 0 radical (unpaired) electrons. The van der Waals surface area contributed by atoms with Crippen molar-refractivity contribution in [1.82, 2.24) is 4.98 Å². The minimum atomic E-state index is -0.903. The standard InChI is InChI=1S/C8H11NOS/c1-3-7-4-8(11(2)10)6-9-5-7/h4-6H,3H2,1-2H3. The van der Waals surface area contributed by atoms with Crippen molar-refractivity contribution in [3.05, 3.63) is 24.0 Å². The molecule has 0 spiro atoms. The first-order chi connectivity index (χ1) is 5.24. The van der Waals surface area contributed by atoms with Crippen molar-refractivity contribution in [3.63, 3.8) is 0 Å². The van der Waals surface area contributed by atoms with Crippen LogP contribution in [0, 0.1) is 0 Å². The number of aryl methyl sites for hydroxylation is 1. The molecule has 0 saturated heterocycles. The van der Waals surface area contributed by atoms with E-state index in [9.17, 15) is 4.55 Å². The molecule has 11 heavy (non-hydrogen) atoms. The van der Waals surface area contributed by atoms with Crippen LogP contribution in [-0.2, 0) is 17.6 Å². The molecule has 0 bridgehead atoms. The zero-order valence-corrected chi connectivity index (χ0v) is 7.52. The molecule has 0 amide bonds. The van der Waals surface area contributed by atoms with Crippen LogP contribution in [0.15, 0.2) is 23.4 Å². The highest BCUT2D eigenvalue weighted by Crippen LogP contribution is 2.09. The van der Waals surface area contributed by atoms with Gasteiger partial charge in [-0.3, -0.25) is 4.98 Å². The summed E-state index contributed by atoms with van der Waals surface area (Å²) in [5.74, 6) is 0. The van der Waals surface area contributed by atoms with Crippen molar-refractivity contribution in [2.45, 2.75) is 18.2 Å². The smallest absolute Gasteiger partial charge is 0.170 e. The van der Waals surface area contributed by atoms with Crippen LogP contribution < -0.4 is 0 Å². The van der Waals surface area contributed by atoms with E-state index in [0.29, 0.717) is 0 Å². The Balaban J connectivity index is 2.91. The van der Waals surface area contributed by atoms with E-state index in [1.165, 1.54) is 0 Å². The third-order valence-electron chi connectivity index (χ3n) is 1.51. The van der Waals surface area contributed by atoms with Crippen molar-refractivity contribution >= 4 is 11.2 Å². The summed E-state index contributed by atoms with van der Waals surface area (Å²) >= 11 is -0.903. The van der Waals surface area contributed by atoms with Gasteiger partial charge in [-0.2, -0.15) is 0 Å². The Morgan fingerprint density at radius 2 is 2.27 bits per heavy atom. The Morgan fingerprint density at radius 1 is 1.55 bits per heavy atom. The molecule has 0 fully saturated rings. The van der Waals surface area contributed by atoms with Gasteiger partial charge in [0.05, 0.1) is 6.20 Å². The summed E-state index contributed by atoms with van der Waals surface area (Å²) in [6.45, 7) is 2.05. The second kappa shape index (κ2) is 3.74. The molecule has 0 aromatic carbocycles. The monoisotopic (exact) mass is 169 g/mol. The van der Waals surface area contributed by atoms with Crippen molar-refractivity contribution in [2.75, 3.05) is 6.26 Å². The topological polar surface area (TPSA) is 36.0 Å². The normalized spacial score (nSPS) is 13.0. The predicted molar refractivity (Wildman–Crippen MR) is 45.9 cm³/mol. The van der Waals surface area contributed by atoms with E-state index in [0.717, 1.165) is 16.9 Å². The van der Waals surface area contributed by atoms with Crippen LogP contribution >= 0.6 is 0 Å². The lowest BCUT2D eigenvalue weighted by Crippen LogP contribution is -1.98. The van der Waals surface area contributed by atoms with Crippen LogP contribution in [0.4, 0.5) is 0 Å². The van der Waals surface area contributed by atoms with Gasteiger partial charge in [0.15, 0.2) is 4.90 Å². The minimum absolute atomic E-state index is 0.810. The first-order valence-corrected chi connectivity index (χ1v) is 5.07. The third-order valence-corrected chi connectivity index (χ3v) is 2.40. The van der Waals surface area contributed by atoms with Gasteiger partial charge in [-0.05, 0) is 29.2 Å². The molecule has 2 nitrogen and oxygen atoms in total. The average Bonchev–Trinajstić information content (AvgIpc) is 2.05. The van der Waals surface area contributed by atoms with E-state index in [1.807, 2.05) is 6.07 Å². The maximum atomic E-state index is 11.0. The number of aromatic nitrogens is 1. The summed E-state index contributed by atoms with van der Waals surface area (Å²) < 4.78 is 11.0. The number of hydrogen-bond donors (Lipinski definition) is 0. The van der Waals surface area contributed by atoms with Gasteiger partial charge in [0, 0.05) is 6.20 Å².